The van der Waals surface area contributed by atoms with Crippen molar-refractivity contribution in [3.05, 3.63) is 65.9 Å². The summed E-state index contributed by atoms with van der Waals surface area (Å²) in [4.78, 5) is 15.7. The molecule has 28 heavy (non-hydrogen) atoms. The fourth-order valence-corrected chi connectivity index (χ4v) is 3.25. The van der Waals surface area contributed by atoms with Crippen molar-refractivity contribution < 1.29 is 27.4 Å². The first kappa shape index (κ1) is 20.0. The number of halogens is 3. The number of aromatic nitrogens is 1. The van der Waals surface area contributed by atoms with Crippen molar-refractivity contribution in [3.63, 3.8) is 0 Å². The van der Waals surface area contributed by atoms with Crippen LogP contribution in [-0.2, 0) is 22.6 Å². The summed E-state index contributed by atoms with van der Waals surface area (Å²) in [7, 11) is 1.22. The highest BCUT2D eigenvalue weighted by atomic mass is 32.2. The average Bonchev–Trinajstić information content (AvgIpc) is 2.66. The van der Waals surface area contributed by atoms with E-state index in [2.05, 4.69) is 9.72 Å². The van der Waals surface area contributed by atoms with Crippen LogP contribution in [-0.4, -0.2) is 23.6 Å². The van der Waals surface area contributed by atoms with Gasteiger partial charge in [-0.15, -0.1) is 0 Å². The minimum atomic E-state index is -4.48. The maximum absolute atomic E-state index is 12.9. The van der Waals surface area contributed by atoms with Crippen LogP contribution in [0.5, 0.6) is 5.75 Å². The van der Waals surface area contributed by atoms with E-state index in [1.807, 2.05) is 30.3 Å². The smallest absolute Gasteiger partial charge is 0.446 e. The first-order valence-corrected chi connectivity index (χ1v) is 9.08. The van der Waals surface area contributed by atoms with Gasteiger partial charge in [-0.05, 0) is 41.6 Å². The number of hydrogen-bond acceptors (Lipinski definition) is 5. The van der Waals surface area contributed by atoms with Gasteiger partial charge in [0.05, 0.1) is 29.6 Å². The van der Waals surface area contributed by atoms with Gasteiger partial charge in [0.25, 0.3) is 0 Å². The van der Waals surface area contributed by atoms with Crippen LogP contribution in [0.15, 0.2) is 59.5 Å². The fraction of sp³-hybridized carbons (Fsp3) is 0.200. The SMILES string of the molecule is COC(=O)Cc1ccc(OCc2ccc3ccccc3n2)c(SC(F)(F)F)c1. The number of benzene rings is 2. The van der Waals surface area contributed by atoms with Crippen molar-refractivity contribution in [3.8, 4) is 5.75 Å². The van der Waals surface area contributed by atoms with Gasteiger partial charge >= 0.3 is 11.5 Å². The van der Waals surface area contributed by atoms with Gasteiger partial charge in [0.1, 0.15) is 12.4 Å². The summed E-state index contributed by atoms with van der Waals surface area (Å²) in [5.41, 5.74) is -2.69. The Balaban J connectivity index is 1.81. The van der Waals surface area contributed by atoms with E-state index in [0.717, 1.165) is 10.9 Å². The third-order valence-corrected chi connectivity index (χ3v) is 4.61. The van der Waals surface area contributed by atoms with E-state index in [1.165, 1.54) is 19.2 Å². The molecule has 0 saturated carbocycles. The molecule has 4 nitrogen and oxygen atoms in total. The maximum atomic E-state index is 12.9. The van der Waals surface area contributed by atoms with Crippen LogP contribution in [0, 0.1) is 0 Å². The molecule has 0 bridgehead atoms. The Bertz CT molecular complexity index is 992. The van der Waals surface area contributed by atoms with Gasteiger partial charge in [0.15, 0.2) is 0 Å². The molecular formula is C20H16F3NO3S. The van der Waals surface area contributed by atoms with Crippen molar-refractivity contribution in [2.24, 2.45) is 0 Å². The highest BCUT2D eigenvalue weighted by Gasteiger charge is 2.31. The molecule has 1 aromatic heterocycles. The third kappa shape index (κ3) is 5.39. The molecule has 0 radical (unpaired) electrons. The summed E-state index contributed by atoms with van der Waals surface area (Å²) in [6, 6.07) is 15.4. The Kier molecular flexibility index (Phi) is 6.08. The Hall–Kier alpha value is -2.74. The molecule has 0 spiro atoms. The van der Waals surface area contributed by atoms with Gasteiger partial charge in [-0.2, -0.15) is 13.2 Å². The number of rotatable bonds is 6. The van der Waals surface area contributed by atoms with Crippen molar-refractivity contribution in [1.82, 2.24) is 4.98 Å². The minimum Gasteiger partial charge on any atom is -0.486 e. The highest BCUT2D eigenvalue weighted by molar-refractivity contribution is 8.00. The number of esters is 1. The van der Waals surface area contributed by atoms with E-state index in [0.29, 0.717) is 11.3 Å². The topological polar surface area (TPSA) is 48.4 Å². The molecule has 0 aliphatic rings. The molecule has 3 rings (SSSR count). The van der Waals surface area contributed by atoms with E-state index < -0.39 is 11.5 Å². The fourth-order valence-electron chi connectivity index (χ4n) is 2.57. The molecule has 0 unspecified atom stereocenters. The highest BCUT2D eigenvalue weighted by Crippen LogP contribution is 2.42. The molecule has 1 heterocycles. The molecule has 0 aliphatic carbocycles. The average molecular weight is 407 g/mol. The molecule has 146 valence electrons. The lowest BCUT2D eigenvalue weighted by atomic mass is 10.1. The number of para-hydroxylation sites is 1. The molecule has 0 saturated heterocycles. The Labute approximate surface area is 163 Å². The Morgan fingerprint density at radius 2 is 1.89 bits per heavy atom. The quantitative estimate of drug-likeness (QED) is 0.418. The number of ether oxygens (including phenoxy) is 2. The number of carbonyl (C=O) groups excluding carboxylic acids is 1. The number of alkyl halides is 3. The predicted molar refractivity (Wildman–Crippen MR) is 100 cm³/mol. The zero-order valence-corrected chi connectivity index (χ0v) is 15.6. The maximum Gasteiger partial charge on any atom is 0.446 e. The molecule has 0 N–H and O–H groups in total. The van der Waals surface area contributed by atoms with Gasteiger partial charge in [-0.1, -0.05) is 30.3 Å². The van der Waals surface area contributed by atoms with E-state index in [9.17, 15) is 18.0 Å². The largest absolute Gasteiger partial charge is 0.486 e. The molecule has 0 amide bonds. The number of fused-ring (bicyclic) bond motifs is 1. The van der Waals surface area contributed by atoms with Gasteiger partial charge in [0.2, 0.25) is 0 Å². The summed E-state index contributed by atoms with van der Waals surface area (Å²) in [5.74, 6) is -0.456. The van der Waals surface area contributed by atoms with E-state index in [1.54, 1.807) is 12.1 Å². The van der Waals surface area contributed by atoms with Crippen LogP contribution in [0.25, 0.3) is 10.9 Å². The van der Waals surface area contributed by atoms with Gasteiger partial charge in [-0.25, -0.2) is 4.98 Å². The number of pyridine rings is 1. The second kappa shape index (κ2) is 8.52. The molecule has 0 atom stereocenters. The zero-order valence-electron chi connectivity index (χ0n) is 14.8. The summed E-state index contributed by atoms with van der Waals surface area (Å²) < 4.78 is 48.9. The number of thioether (sulfide) groups is 1. The van der Waals surface area contributed by atoms with Gasteiger partial charge < -0.3 is 9.47 Å². The van der Waals surface area contributed by atoms with Crippen LogP contribution < -0.4 is 4.74 Å². The summed E-state index contributed by atoms with van der Waals surface area (Å²) in [5, 5.41) is 0.965. The zero-order chi connectivity index (χ0) is 20.1. The Morgan fingerprint density at radius 1 is 1.11 bits per heavy atom. The molecule has 8 heteroatoms. The van der Waals surface area contributed by atoms with Crippen molar-refractivity contribution in [2.45, 2.75) is 23.4 Å². The number of hydrogen-bond donors (Lipinski definition) is 0. The lowest BCUT2D eigenvalue weighted by molar-refractivity contribution is -0.139. The number of nitrogens with zero attached hydrogens (tertiary/aromatic N) is 1. The second-order valence-corrected chi connectivity index (χ2v) is 6.97. The van der Waals surface area contributed by atoms with Crippen LogP contribution in [0.1, 0.15) is 11.3 Å². The van der Waals surface area contributed by atoms with Crippen molar-refractivity contribution in [1.29, 1.82) is 0 Å². The molecule has 3 aromatic rings. The predicted octanol–water partition coefficient (Wildman–Crippen LogP) is 5.14. The lowest BCUT2D eigenvalue weighted by Gasteiger charge is -2.14. The van der Waals surface area contributed by atoms with Crippen molar-refractivity contribution in [2.75, 3.05) is 7.11 Å². The first-order chi connectivity index (χ1) is 13.3. The lowest BCUT2D eigenvalue weighted by Crippen LogP contribution is -2.06. The Morgan fingerprint density at radius 3 is 2.64 bits per heavy atom. The molecule has 2 aromatic carbocycles. The van der Waals surface area contributed by atoms with Crippen LogP contribution in [0.2, 0.25) is 0 Å². The summed E-state index contributed by atoms with van der Waals surface area (Å²) in [6.07, 6.45) is -0.117. The normalized spacial score (nSPS) is 11.4. The summed E-state index contributed by atoms with van der Waals surface area (Å²) >= 11 is -0.284. The van der Waals surface area contributed by atoms with Crippen molar-refractivity contribution >= 4 is 28.6 Å². The van der Waals surface area contributed by atoms with Crippen LogP contribution >= 0.6 is 11.8 Å². The van der Waals surface area contributed by atoms with Gasteiger partial charge in [0, 0.05) is 5.39 Å². The van der Waals surface area contributed by atoms with E-state index in [-0.39, 0.29) is 35.4 Å². The molecule has 0 aliphatic heterocycles. The first-order valence-electron chi connectivity index (χ1n) is 8.27. The number of carbonyl (C=O) groups is 1. The standard InChI is InChI=1S/C20H16F3NO3S/c1-26-19(25)11-13-6-9-17(18(10-13)28-20(21,22)23)27-12-15-8-7-14-4-2-3-5-16(14)24-15/h2-10H,11-12H2,1H3. The van der Waals surface area contributed by atoms with Gasteiger partial charge in [-0.3, -0.25) is 4.79 Å². The molecular weight excluding hydrogens is 391 g/mol. The minimum absolute atomic E-state index is 0.0204. The second-order valence-electron chi connectivity index (χ2n) is 5.87. The van der Waals surface area contributed by atoms with Crippen LogP contribution in [0.3, 0.4) is 0 Å². The van der Waals surface area contributed by atoms with Crippen LogP contribution in [0.4, 0.5) is 13.2 Å². The summed E-state index contributed by atoms with van der Waals surface area (Å²) in [6.45, 7) is 0.0204. The van der Waals surface area contributed by atoms with E-state index in [4.69, 9.17) is 4.74 Å². The monoisotopic (exact) mass is 407 g/mol. The third-order valence-electron chi connectivity index (χ3n) is 3.84. The molecule has 0 fully saturated rings. The number of methoxy groups -OCH3 is 1. The van der Waals surface area contributed by atoms with E-state index >= 15 is 0 Å².